The van der Waals surface area contributed by atoms with Crippen LogP contribution >= 0.6 is 34.5 Å². The van der Waals surface area contributed by atoms with Crippen molar-refractivity contribution in [2.24, 2.45) is 5.73 Å². The van der Waals surface area contributed by atoms with E-state index >= 15 is 0 Å². The van der Waals surface area contributed by atoms with Crippen LogP contribution in [-0.4, -0.2) is 37.8 Å². The molecule has 34 heavy (non-hydrogen) atoms. The molecule has 1 saturated heterocycles. The molecule has 0 spiro atoms. The van der Waals surface area contributed by atoms with Gasteiger partial charge in [0, 0.05) is 46.0 Å². The summed E-state index contributed by atoms with van der Waals surface area (Å²) in [5, 5.41) is 11.9. The first-order valence-corrected chi connectivity index (χ1v) is 12.9. The number of phenols is 1. The third kappa shape index (κ3) is 11.7. The number of nitrogens with two attached hydrogens (primary N) is 2. The number of phenolic OH excluding ortho intramolecular Hbond substituents is 1. The fraction of sp³-hybridized carbons (Fsp3) is 0.273. The molecule has 1 unspecified atom stereocenters. The number of nitrogens with zero attached hydrogens (tertiary/aromatic N) is 2. The Kier molecular flexibility index (Phi) is 14.2. The van der Waals surface area contributed by atoms with E-state index in [0.29, 0.717) is 21.5 Å². The van der Waals surface area contributed by atoms with Gasteiger partial charge in [0.05, 0.1) is 5.02 Å². The highest BCUT2D eigenvalue weighted by atomic mass is 35.5. The van der Waals surface area contributed by atoms with E-state index in [4.69, 9.17) is 34.0 Å². The highest BCUT2D eigenvalue weighted by molar-refractivity contribution is 7.79. The van der Waals surface area contributed by atoms with E-state index in [1.807, 2.05) is 17.5 Å². The summed E-state index contributed by atoms with van der Waals surface area (Å²) in [6.07, 6.45) is 4.59. The minimum absolute atomic E-state index is 0. The lowest BCUT2D eigenvalue weighted by Gasteiger charge is -2.17. The van der Waals surface area contributed by atoms with Gasteiger partial charge < -0.3 is 26.0 Å². The van der Waals surface area contributed by atoms with Crippen LogP contribution in [0.4, 0.5) is 10.8 Å². The number of rotatable bonds is 3. The number of amides is 1. The van der Waals surface area contributed by atoms with Gasteiger partial charge in [0.15, 0.2) is 5.13 Å². The molecule has 1 atom stereocenters. The zero-order valence-corrected chi connectivity index (χ0v) is 21.7. The molecule has 1 aliphatic rings. The number of anilines is 2. The third-order valence-corrected chi connectivity index (χ3v) is 6.30. The smallest absolute Gasteiger partial charge is 0.217 e. The summed E-state index contributed by atoms with van der Waals surface area (Å²) < 4.78 is 21.2. The Labute approximate surface area is 220 Å². The number of benzene rings is 2. The van der Waals surface area contributed by atoms with Gasteiger partial charge in [-0.05, 0) is 60.3 Å². The molecule has 2 heterocycles. The van der Waals surface area contributed by atoms with E-state index in [-0.39, 0.29) is 21.0 Å². The third-order valence-electron chi connectivity index (χ3n) is 4.23. The highest BCUT2D eigenvalue weighted by Crippen LogP contribution is 2.29. The predicted octanol–water partition coefficient (Wildman–Crippen LogP) is 5.57. The molecule has 12 heteroatoms. The molecule has 5 N–H and O–H groups in total. The van der Waals surface area contributed by atoms with E-state index < -0.39 is 11.1 Å². The number of carbonyl (C=O) groups is 1. The summed E-state index contributed by atoms with van der Waals surface area (Å²) >= 11 is 10.4. The Morgan fingerprint density at radius 3 is 2.18 bits per heavy atom. The Morgan fingerprint density at radius 1 is 1.24 bits per heavy atom. The van der Waals surface area contributed by atoms with E-state index in [1.54, 1.807) is 37.4 Å². The quantitative estimate of drug-likeness (QED) is 0.360. The molecule has 0 radical (unpaired) electrons. The molecule has 4 rings (SSSR count). The van der Waals surface area contributed by atoms with Gasteiger partial charge in [-0.3, -0.25) is 9.00 Å². The van der Waals surface area contributed by atoms with Gasteiger partial charge in [0.2, 0.25) is 5.91 Å². The van der Waals surface area contributed by atoms with Gasteiger partial charge in [0.25, 0.3) is 0 Å². The molecule has 1 aliphatic heterocycles. The number of halogens is 2. The van der Waals surface area contributed by atoms with Gasteiger partial charge in [-0.2, -0.15) is 0 Å². The summed E-state index contributed by atoms with van der Waals surface area (Å²) in [5.41, 5.74) is 11.0. The predicted molar refractivity (Wildman–Crippen MR) is 146 cm³/mol. The van der Waals surface area contributed by atoms with Crippen LogP contribution < -0.4 is 16.4 Å². The normalized spacial score (nSPS) is 12.8. The molecular weight excluding hydrogens is 519 g/mol. The molecule has 3 aromatic rings. The van der Waals surface area contributed by atoms with E-state index in [2.05, 4.69) is 15.6 Å². The van der Waals surface area contributed by atoms with Crippen molar-refractivity contribution in [2.45, 2.75) is 31.1 Å². The van der Waals surface area contributed by atoms with E-state index in [1.165, 1.54) is 30.2 Å². The summed E-state index contributed by atoms with van der Waals surface area (Å²) in [7, 11) is 0. The van der Waals surface area contributed by atoms with Crippen molar-refractivity contribution in [1.29, 1.82) is 0 Å². The molecule has 1 aromatic heterocycles. The number of hydrogen-bond donors (Lipinski definition) is 3. The molecular formula is C22H33Cl2N4O4S2-. The number of carbonyl (C=O) groups excluding carboxylic acids is 1. The van der Waals surface area contributed by atoms with Crippen LogP contribution in [0.2, 0.25) is 10.0 Å². The Bertz CT molecular complexity index is 1010. The van der Waals surface area contributed by atoms with Gasteiger partial charge in [-0.15, -0.1) is 11.3 Å². The molecule has 0 saturated carbocycles. The fourth-order valence-electron chi connectivity index (χ4n) is 2.47. The first-order chi connectivity index (χ1) is 16.1. The number of primary amides is 1. The Balaban J connectivity index is -0.000000439. The lowest BCUT2D eigenvalue weighted by Crippen LogP contribution is -2.17. The monoisotopic (exact) mass is 551 g/mol. The van der Waals surface area contributed by atoms with Crippen LogP contribution in [0.15, 0.2) is 58.9 Å². The summed E-state index contributed by atoms with van der Waals surface area (Å²) in [6, 6.07) is 11.8. The van der Waals surface area contributed by atoms with Crippen molar-refractivity contribution < 1.29 is 22.9 Å². The second-order valence-corrected chi connectivity index (χ2v) is 9.34. The summed E-state index contributed by atoms with van der Waals surface area (Å²) in [6.45, 7) is 3.89. The largest absolute Gasteiger partial charge is 0.768 e. The molecule has 1 amide bonds. The lowest BCUT2D eigenvalue weighted by atomic mass is 10.3. The van der Waals surface area contributed by atoms with Crippen LogP contribution in [0.25, 0.3) is 0 Å². The maximum Gasteiger partial charge on any atom is 0.217 e. The number of aromatic nitrogens is 1. The molecule has 0 bridgehead atoms. The average molecular weight is 553 g/mol. The van der Waals surface area contributed by atoms with Crippen molar-refractivity contribution >= 4 is 62.3 Å². The van der Waals surface area contributed by atoms with Crippen LogP contribution in [0.1, 0.15) is 30.5 Å². The fourth-order valence-corrected chi connectivity index (χ4v) is 3.51. The zero-order valence-electron chi connectivity index (χ0n) is 18.5. The number of hydrogen-bond acceptors (Lipinski definition) is 8. The van der Waals surface area contributed by atoms with Crippen molar-refractivity contribution in [2.75, 3.05) is 23.7 Å². The van der Waals surface area contributed by atoms with Crippen LogP contribution in [0.5, 0.6) is 5.75 Å². The topological polar surface area (TPSA) is 146 Å². The molecule has 1 fully saturated rings. The average Bonchev–Trinajstić information content (AvgIpc) is 3.53. The van der Waals surface area contributed by atoms with Gasteiger partial charge >= 0.3 is 0 Å². The second kappa shape index (κ2) is 16.3. The lowest BCUT2D eigenvalue weighted by molar-refractivity contribution is -0.117. The van der Waals surface area contributed by atoms with E-state index in [0.717, 1.165) is 18.8 Å². The van der Waals surface area contributed by atoms with Crippen LogP contribution in [0, 0.1) is 0 Å². The van der Waals surface area contributed by atoms with Gasteiger partial charge in [0.1, 0.15) is 10.8 Å². The summed E-state index contributed by atoms with van der Waals surface area (Å²) in [4.78, 5) is 15.9. The van der Waals surface area contributed by atoms with Crippen molar-refractivity contribution in [3.8, 4) is 5.75 Å². The maximum absolute atomic E-state index is 10.6. The minimum atomic E-state index is -2.11. The first-order valence-electron chi connectivity index (χ1n) is 10.2. The van der Waals surface area contributed by atoms with Crippen molar-refractivity contribution in [1.82, 2.24) is 4.98 Å². The molecule has 2 aromatic carbocycles. The number of thiazole rings is 1. The maximum atomic E-state index is 10.6. The van der Waals surface area contributed by atoms with Crippen LogP contribution in [0.3, 0.4) is 0 Å². The van der Waals surface area contributed by atoms with Crippen LogP contribution in [-0.2, 0) is 15.9 Å². The van der Waals surface area contributed by atoms with Crippen molar-refractivity contribution in [3.05, 3.63) is 64.1 Å². The van der Waals surface area contributed by atoms with E-state index in [9.17, 15) is 13.6 Å². The molecule has 0 aliphatic carbocycles. The SMILES string of the molecule is CCC(N)=O.Nc1nccs1.O=S([O-])c1ccc(N2CCCC2)cc1.Oc1cccc(Cl)c1Cl.[HH].[HH].[HH]. The summed E-state index contributed by atoms with van der Waals surface area (Å²) in [5.74, 6) is -0.228. The van der Waals surface area contributed by atoms with Crippen molar-refractivity contribution in [3.63, 3.8) is 0 Å². The van der Waals surface area contributed by atoms with Gasteiger partial charge in [-0.25, -0.2) is 4.98 Å². The molecule has 8 nitrogen and oxygen atoms in total. The zero-order chi connectivity index (χ0) is 25.5. The Morgan fingerprint density at radius 2 is 1.82 bits per heavy atom. The number of aromatic hydroxyl groups is 1. The van der Waals surface area contributed by atoms with Gasteiger partial charge in [-0.1, -0.05) is 36.2 Å². The highest BCUT2D eigenvalue weighted by Gasteiger charge is 2.11. The standard InChI is InChI=1S/C10H13NO2S.C6H4Cl2O.C3H4N2S.C3H7NO.3H2/c12-14(13)10-5-3-9(4-6-10)11-7-1-2-8-11;7-4-2-1-3-5(9)6(4)8;4-3-5-1-2-6-3;1-2-3(4)5;;;/h3-6H,1-2,7-8H2,(H,12,13);1-3,9H;1-2H,(H2,4,5);2H2,1H3,(H2,4,5);3*1H/p-1. The second-order valence-electron chi connectivity index (χ2n) is 6.69. The number of nitrogen functional groups attached to an aromatic ring is 1. The Hall–Kier alpha value is -2.37. The minimum Gasteiger partial charge on any atom is -0.768 e. The molecule has 192 valence electrons. The first kappa shape index (κ1) is 29.7.